The molecule has 0 spiro atoms. The van der Waals surface area contributed by atoms with E-state index in [2.05, 4.69) is 6.92 Å². The van der Waals surface area contributed by atoms with Crippen LogP contribution in [0.3, 0.4) is 0 Å². The van der Waals surface area contributed by atoms with Crippen molar-refractivity contribution >= 4 is 5.69 Å². The lowest BCUT2D eigenvalue weighted by Gasteiger charge is -1.97. The second-order valence-corrected chi connectivity index (χ2v) is 3.80. The van der Waals surface area contributed by atoms with Gasteiger partial charge < -0.3 is 0 Å². The van der Waals surface area contributed by atoms with Gasteiger partial charge in [-0.15, -0.1) is 0 Å². The van der Waals surface area contributed by atoms with E-state index < -0.39 is 4.92 Å². The summed E-state index contributed by atoms with van der Waals surface area (Å²) in [5.74, 6) is 0. The third-order valence-electron chi connectivity index (χ3n) is 2.57. The average molecular weight is 222 g/mol. The van der Waals surface area contributed by atoms with E-state index in [0.717, 1.165) is 24.9 Å². The van der Waals surface area contributed by atoms with Crippen LogP contribution in [-0.4, -0.2) is 16.5 Å². The molecule has 5 heteroatoms. The molecule has 1 fully saturated rings. The Morgan fingerprint density at radius 2 is 2.12 bits per heavy atom. The smallest absolute Gasteiger partial charge is 0.269 e. The number of hydrogen-bond donors (Lipinski definition) is 0. The van der Waals surface area contributed by atoms with Crippen LogP contribution in [0.1, 0.15) is 31.6 Å². The van der Waals surface area contributed by atoms with Crippen LogP contribution < -0.4 is 0 Å². The first-order chi connectivity index (χ1) is 7.72. The van der Waals surface area contributed by atoms with Crippen LogP contribution in [0.15, 0.2) is 24.3 Å². The summed E-state index contributed by atoms with van der Waals surface area (Å²) in [5.41, 5.74) is 1.09. The molecular formula is C11H14N2O3. The van der Waals surface area contributed by atoms with Crippen LogP contribution in [0.2, 0.25) is 0 Å². The molecule has 0 saturated carbocycles. The molecule has 2 unspecified atom stereocenters. The van der Waals surface area contributed by atoms with Crippen LogP contribution in [0.5, 0.6) is 0 Å². The minimum atomic E-state index is -0.396. The third kappa shape index (κ3) is 2.37. The lowest BCUT2D eigenvalue weighted by atomic mass is 10.2. The van der Waals surface area contributed by atoms with E-state index >= 15 is 0 Å². The molecule has 5 nitrogen and oxygen atoms in total. The summed E-state index contributed by atoms with van der Waals surface area (Å²) in [4.78, 5) is 15.4. The Labute approximate surface area is 93.7 Å². The molecule has 2 atom stereocenters. The van der Waals surface area contributed by atoms with Crippen LogP contribution in [0.4, 0.5) is 5.69 Å². The molecule has 1 heterocycles. The first kappa shape index (κ1) is 11.0. The zero-order valence-electron chi connectivity index (χ0n) is 9.13. The molecule has 0 amide bonds. The van der Waals surface area contributed by atoms with Gasteiger partial charge in [0.25, 0.3) is 5.69 Å². The predicted molar refractivity (Wildman–Crippen MR) is 58.5 cm³/mol. The Hall–Kier alpha value is -1.46. The van der Waals surface area contributed by atoms with E-state index in [4.69, 9.17) is 4.84 Å². The fraction of sp³-hybridized carbons (Fsp3) is 0.455. The summed E-state index contributed by atoms with van der Waals surface area (Å²) in [6.07, 6.45) is 2.23. The van der Waals surface area contributed by atoms with E-state index in [0.29, 0.717) is 0 Å². The van der Waals surface area contributed by atoms with E-state index in [-0.39, 0.29) is 11.9 Å². The maximum atomic E-state index is 10.5. The van der Waals surface area contributed by atoms with Crippen LogP contribution >= 0.6 is 0 Å². The molecule has 1 saturated heterocycles. The lowest BCUT2D eigenvalue weighted by Crippen LogP contribution is -1.99. The second kappa shape index (κ2) is 4.59. The van der Waals surface area contributed by atoms with Gasteiger partial charge in [0, 0.05) is 24.2 Å². The zero-order valence-corrected chi connectivity index (χ0v) is 9.13. The number of hydroxylamine groups is 2. The number of nitrogens with zero attached hydrogens (tertiary/aromatic N) is 2. The highest BCUT2D eigenvalue weighted by Gasteiger charge is 2.37. The number of nitro groups is 1. The van der Waals surface area contributed by atoms with Gasteiger partial charge in [0.05, 0.1) is 4.92 Å². The number of non-ortho nitro benzene ring substituents is 1. The maximum Gasteiger partial charge on any atom is 0.269 e. The normalized spacial score (nSPS) is 23.1. The Balaban J connectivity index is 1.94. The summed E-state index contributed by atoms with van der Waals surface area (Å²) in [7, 11) is 0. The summed E-state index contributed by atoms with van der Waals surface area (Å²) in [6.45, 7) is 3.04. The van der Waals surface area contributed by atoms with Gasteiger partial charge in [0.1, 0.15) is 0 Å². The molecule has 0 aromatic heterocycles. The minimum absolute atomic E-state index is 0.00708. The summed E-state index contributed by atoms with van der Waals surface area (Å²) in [6, 6.07) is 6.51. The fourth-order valence-corrected chi connectivity index (χ4v) is 1.57. The van der Waals surface area contributed by atoms with Crippen molar-refractivity contribution in [2.45, 2.75) is 26.0 Å². The van der Waals surface area contributed by atoms with Crippen molar-refractivity contribution in [1.29, 1.82) is 0 Å². The van der Waals surface area contributed by atoms with Gasteiger partial charge in [0.15, 0.2) is 6.23 Å². The number of unbranched alkanes of at least 4 members (excludes halogenated alkanes) is 1. The van der Waals surface area contributed by atoms with Crippen molar-refractivity contribution in [3.63, 3.8) is 0 Å². The van der Waals surface area contributed by atoms with E-state index in [1.165, 1.54) is 12.1 Å². The average Bonchev–Trinajstić information content (AvgIpc) is 3.06. The Kier molecular flexibility index (Phi) is 3.17. The highest BCUT2D eigenvalue weighted by molar-refractivity contribution is 5.34. The quantitative estimate of drug-likeness (QED) is 0.436. The molecule has 1 aromatic carbocycles. The van der Waals surface area contributed by atoms with Gasteiger partial charge in [0.2, 0.25) is 0 Å². The fourth-order valence-electron chi connectivity index (χ4n) is 1.57. The Morgan fingerprint density at radius 1 is 1.44 bits per heavy atom. The number of benzene rings is 1. The summed E-state index contributed by atoms with van der Waals surface area (Å²) < 4.78 is 0. The van der Waals surface area contributed by atoms with Gasteiger partial charge >= 0.3 is 0 Å². The monoisotopic (exact) mass is 222 g/mol. The molecule has 2 rings (SSSR count). The number of rotatable bonds is 5. The second-order valence-electron chi connectivity index (χ2n) is 3.80. The van der Waals surface area contributed by atoms with Crippen molar-refractivity contribution < 1.29 is 9.76 Å². The first-order valence-electron chi connectivity index (χ1n) is 5.40. The molecule has 0 bridgehead atoms. The van der Waals surface area contributed by atoms with Crippen molar-refractivity contribution in [3.8, 4) is 0 Å². The molecule has 1 aliphatic rings. The summed E-state index contributed by atoms with van der Waals surface area (Å²) in [5, 5.41) is 12.4. The molecule has 0 aliphatic carbocycles. The number of nitro benzene ring substituents is 1. The Morgan fingerprint density at radius 3 is 2.69 bits per heavy atom. The van der Waals surface area contributed by atoms with Gasteiger partial charge in [-0.3, -0.25) is 15.0 Å². The van der Waals surface area contributed by atoms with Gasteiger partial charge in [-0.1, -0.05) is 13.3 Å². The van der Waals surface area contributed by atoms with Gasteiger partial charge in [-0.2, -0.15) is 5.06 Å². The molecule has 0 radical (unpaired) electrons. The molecule has 16 heavy (non-hydrogen) atoms. The van der Waals surface area contributed by atoms with Crippen molar-refractivity contribution in [2.75, 3.05) is 6.54 Å². The van der Waals surface area contributed by atoms with Gasteiger partial charge in [-0.05, 0) is 18.6 Å². The van der Waals surface area contributed by atoms with Gasteiger partial charge in [-0.25, -0.2) is 0 Å². The van der Waals surface area contributed by atoms with Crippen molar-refractivity contribution in [1.82, 2.24) is 5.06 Å². The largest absolute Gasteiger partial charge is 0.270 e. The Bertz CT molecular complexity index is 377. The molecule has 86 valence electrons. The van der Waals surface area contributed by atoms with E-state index in [9.17, 15) is 10.1 Å². The van der Waals surface area contributed by atoms with Crippen LogP contribution in [-0.2, 0) is 4.84 Å². The zero-order chi connectivity index (χ0) is 11.5. The molecule has 1 aliphatic heterocycles. The standard InChI is InChI=1S/C11H14N2O3/c1-2-3-8-12-11(16-12)9-4-6-10(7-5-9)13(14)15/h4-7,11H,2-3,8H2,1H3. The first-order valence-corrected chi connectivity index (χ1v) is 5.40. The van der Waals surface area contributed by atoms with E-state index in [1.807, 2.05) is 5.06 Å². The SMILES string of the molecule is CCCCN1OC1c1ccc([N+](=O)[O-])cc1. The van der Waals surface area contributed by atoms with Crippen LogP contribution in [0.25, 0.3) is 0 Å². The van der Waals surface area contributed by atoms with Crippen molar-refractivity contribution in [3.05, 3.63) is 39.9 Å². The van der Waals surface area contributed by atoms with Crippen LogP contribution in [0, 0.1) is 10.1 Å². The summed E-state index contributed by atoms with van der Waals surface area (Å²) >= 11 is 0. The highest BCUT2D eigenvalue weighted by atomic mass is 16.8. The molecular weight excluding hydrogens is 208 g/mol. The number of hydrogen-bond acceptors (Lipinski definition) is 4. The highest BCUT2D eigenvalue weighted by Crippen LogP contribution is 2.37. The third-order valence-corrected chi connectivity index (χ3v) is 2.57. The van der Waals surface area contributed by atoms with E-state index in [1.54, 1.807) is 12.1 Å². The minimum Gasteiger partial charge on any atom is -0.270 e. The molecule has 0 N–H and O–H groups in total. The predicted octanol–water partition coefficient (Wildman–Crippen LogP) is 2.64. The van der Waals surface area contributed by atoms with Crippen molar-refractivity contribution in [2.24, 2.45) is 0 Å². The lowest BCUT2D eigenvalue weighted by molar-refractivity contribution is -0.384. The topological polar surface area (TPSA) is 58.7 Å². The molecule has 1 aromatic rings. The maximum absolute atomic E-state index is 10.5.